The molecule has 2 aromatic rings. The van der Waals surface area contributed by atoms with Crippen LogP contribution in [0.2, 0.25) is 0 Å². The lowest BCUT2D eigenvalue weighted by Gasteiger charge is -2.19. The molecule has 3 rings (SSSR count). The molecule has 1 aliphatic rings. The molecule has 10 nitrogen and oxygen atoms in total. The van der Waals surface area contributed by atoms with Crippen LogP contribution in [0.15, 0.2) is 12.7 Å². The van der Waals surface area contributed by atoms with Crippen LogP contribution in [0.3, 0.4) is 0 Å². The van der Waals surface area contributed by atoms with Gasteiger partial charge in [0.05, 0.1) is 12.9 Å². The van der Waals surface area contributed by atoms with E-state index >= 15 is 0 Å². The molecule has 10 heteroatoms. The predicted molar refractivity (Wildman–Crippen MR) is 72.3 cm³/mol. The van der Waals surface area contributed by atoms with Crippen LogP contribution in [0, 0.1) is 0 Å². The van der Waals surface area contributed by atoms with Crippen LogP contribution in [0.25, 0.3) is 11.2 Å². The minimum atomic E-state index is -1.19. The number of carbonyl (C=O) groups excluding carboxylic acids is 1. The third kappa shape index (κ3) is 2.26. The van der Waals surface area contributed by atoms with Crippen molar-refractivity contribution >= 4 is 23.0 Å². The Bertz CT molecular complexity index is 704. The molecular weight excluding hydrogens is 294 g/mol. The Morgan fingerprint density at radius 3 is 2.95 bits per heavy atom. The topological polar surface area (TPSA) is 146 Å². The molecule has 1 saturated heterocycles. The molecule has 0 aromatic carbocycles. The number of hydrogen-bond acceptors (Lipinski definition) is 9. The van der Waals surface area contributed by atoms with Crippen molar-refractivity contribution < 1.29 is 24.5 Å². The zero-order chi connectivity index (χ0) is 15.9. The SMILES string of the molecule is CC(=O)O[C@H]1[C@H](O)[C@H](n2cnc3c(N)ncnc32)O[C@@H]1CO. The molecule has 1 aliphatic heterocycles. The van der Waals surface area contributed by atoms with Crippen LogP contribution in [0.5, 0.6) is 0 Å². The van der Waals surface area contributed by atoms with Gasteiger partial charge in [-0.25, -0.2) is 15.0 Å². The molecular formula is C12H15N5O5. The number of anilines is 1. The quantitative estimate of drug-likeness (QED) is 0.582. The Balaban J connectivity index is 1.97. The number of nitrogen functional groups attached to an aromatic ring is 1. The molecule has 0 bridgehead atoms. The smallest absolute Gasteiger partial charge is 0.303 e. The van der Waals surface area contributed by atoms with E-state index in [1.807, 2.05) is 0 Å². The van der Waals surface area contributed by atoms with E-state index in [0.717, 1.165) is 0 Å². The zero-order valence-corrected chi connectivity index (χ0v) is 11.7. The maximum atomic E-state index is 11.1. The first kappa shape index (κ1) is 14.6. The molecule has 2 aromatic heterocycles. The summed E-state index contributed by atoms with van der Waals surface area (Å²) in [5.74, 6) is -0.375. The monoisotopic (exact) mass is 309 g/mol. The normalized spacial score (nSPS) is 28.1. The first-order valence-corrected chi connectivity index (χ1v) is 6.57. The van der Waals surface area contributed by atoms with Crippen LogP contribution >= 0.6 is 0 Å². The van der Waals surface area contributed by atoms with E-state index < -0.39 is 37.1 Å². The second kappa shape index (κ2) is 5.48. The Labute approximate surface area is 124 Å². The molecule has 0 saturated carbocycles. The van der Waals surface area contributed by atoms with Gasteiger partial charge in [-0.3, -0.25) is 9.36 Å². The summed E-state index contributed by atoms with van der Waals surface area (Å²) < 4.78 is 12.1. The number of fused-ring (bicyclic) bond motifs is 1. The van der Waals surface area contributed by atoms with Crippen LogP contribution in [0.1, 0.15) is 13.2 Å². The van der Waals surface area contributed by atoms with E-state index in [-0.39, 0.29) is 5.82 Å². The van der Waals surface area contributed by atoms with Gasteiger partial charge in [-0.2, -0.15) is 0 Å². The first-order valence-electron chi connectivity index (χ1n) is 6.57. The van der Waals surface area contributed by atoms with Gasteiger partial charge >= 0.3 is 5.97 Å². The summed E-state index contributed by atoms with van der Waals surface area (Å²) in [7, 11) is 0. The second-order valence-corrected chi connectivity index (χ2v) is 4.90. The molecule has 1 fully saturated rings. The third-order valence-corrected chi connectivity index (χ3v) is 3.45. The van der Waals surface area contributed by atoms with Crippen molar-refractivity contribution in [3.05, 3.63) is 12.7 Å². The molecule has 0 unspecified atom stereocenters. The molecule has 0 aliphatic carbocycles. The van der Waals surface area contributed by atoms with Gasteiger partial charge in [0.1, 0.15) is 24.1 Å². The second-order valence-electron chi connectivity index (χ2n) is 4.90. The lowest BCUT2D eigenvalue weighted by atomic mass is 10.1. The fourth-order valence-corrected chi connectivity index (χ4v) is 2.49. The fourth-order valence-electron chi connectivity index (χ4n) is 2.49. The zero-order valence-electron chi connectivity index (χ0n) is 11.7. The van der Waals surface area contributed by atoms with Gasteiger partial charge in [0.15, 0.2) is 23.8 Å². The number of rotatable bonds is 3. The first-order chi connectivity index (χ1) is 10.5. The molecule has 3 heterocycles. The Morgan fingerprint density at radius 2 is 2.27 bits per heavy atom. The van der Waals surface area contributed by atoms with Crippen LogP contribution < -0.4 is 5.73 Å². The number of nitrogens with zero attached hydrogens (tertiary/aromatic N) is 4. The summed E-state index contributed by atoms with van der Waals surface area (Å²) in [6, 6.07) is 0. The van der Waals surface area contributed by atoms with Gasteiger partial charge in [0, 0.05) is 6.92 Å². The molecule has 118 valence electrons. The van der Waals surface area contributed by atoms with E-state index in [9.17, 15) is 15.0 Å². The molecule has 0 radical (unpaired) electrons. The fraction of sp³-hybridized carbons (Fsp3) is 0.500. The molecule has 22 heavy (non-hydrogen) atoms. The predicted octanol–water partition coefficient (Wildman–Crippen LogP) is -1.41. The number of carbonyl (C=O) groups is 1. The number of hydrogen-bond donors (Lipinski definition) is 3. The standard InChI is InChI=1S/C12H15N5O5/c1-5(19)21-9-6(2-18)22-12(8(9)20)17-4-16-7-10(13)14-3-15-11(7)17/h3-4,6,8-9,12,18,20H,2H2,1H3,(H2,13,14,15)/t6-,8+,9-,12-/m1/s1. The van der Waals surface area contributed by atoms with Crippen LogP contribution in [-0.4, -0.2) is 60.6 Å². The van der Waals surface area contributed by atoms with E-state index in [1.54, 1.807) is 0 Å². The maximum Gasteiger partial charge on any atom is 0.303 e. The summed E-state index contributed by atoms with van der Waals surface area (Å²) in [4.78, 5) is 23.1. The van der Waals surface area contributed by atoms with Crippen molar-refractivity contribution in [2.75, 3.05) is 12.3 Å². The Kier molecular flexibility index (Phi) is 3.64. The minimum absolute atomic E-state index is 0.200. The summed E-state index contributed by atoms with van der Waals surface area (Å²) in [6.45, 7) is 0.810. The van der Waals surface area contributed by atoms with Crippen molar-refractivity contribution in [1.29, 1.82) is 0 Å². The van der Waals surface area contributed by atoms with Gasteiger partial charge in [-0.05, 0) is 0 Å². The largest absolute Gasteiger partial charge is 0.457 e. The van der Waals surface area contributed by atoms with Crippen molar-refractivity contribution in [2.24, 2.45) is 0 Å². The molecule has 4 atom stereocenters. The van der Waals surface area contributed by atoms with Crippen molar-refractivity contribution in [3.63, 3.8) is 0 Å². The maximum absolute atomic E-state index is 11.1. The average molecular weight is 309 g/mol. The van der Waals surface area contributed by atoms with Gasteiger partial charge in [-0.1, -0.05) is 0 Å². The highest BCUT2D eigenvalue weighted by molar-refractivity contribution is 5.81. The van der Waals surface area contributed by atoms with Crippen molar-refractivity contribution in [2.45, 2.75) is 31.5 Å². The van der Waals surface area contributed by atoms with Crippen LogP contribution in [-0.2, 0) is 14.3 Å². The number of esters is 1. The van der Waals surface area contributed by atoms with Gasteiger partial charge in [0.25, 0.3) is 0 Å². The highest BCUT2D eigenvalue weighted by atomic mass is 16.6. The molecule has 0 spiro atoms. The summed E-state index contributed by atoms with van der Waals surface area (Å²) in [5, 5.41) is 19.7. The lowest BCUT2D eigenvalue weighted by Crippen LogP contribution is -2.37. The number of nitrogens with two attached hydrogens (primary N) is 1. The van der Waals surface area contributed by atoms with E-state index in [0.29, 0.717) is 11.2 Å². The third-order valence-electron chi connectivity index (χ3n) is 3.45. The number of imidazole rings is 1. The van der Waals surface area contributed by atoms with Gasteiger partial charge in [-0.15, -0.1) is 0 Å². The van der Waals surface area contributed by atoms with E-state index in [4.69, 9.17) is 15.2 Å². The number of aliphatic hydroxyl groups is 2. The van der Waals surface area contributed by atoms with Crippen molar-refractivity contribution in [3.8, 4) is 0 Å². The van der Waals surface area contributed by atoms with Gasteiger partial charge in [0.2, 0.25) is 0 Å². The number of aromatic nitrogens is 4. The number of ether oxygens (including phenoxy) is 2. The summed E-state index contributed by atoms with van der Waals surface area (Å²) in [5.41, 5.74) is 6.45. The Morgan fingerprint density at radius 1 is 1.50 bits per heavy atom. The molecule has 4 N–H and O–H groups in total. The van der Waals surface area contributed by atoms with E-state index in [2.05, 4.69) is 15.0 Å². The van der Waals surface area contributed by atoms with E-state index in [1.165, 1.54) is 24.1 Å². The lowest BCUT2D eigenvalue weighted by molar-refractivity contribution is -0.153. The Hall–Kier alpha value is -2.30. The number of aliphatic hydroxyl groups excluding tert-OH is 2. The van der Waals surface area contributed by atoms with Gasteiger partial charge < -0.3 is 25.4 Å². The summed E-state index contributed by atoms with van der Waals surface area (Å²) >= 11 is 0. The average Bonchev–Trinajstić information content (AvgIpc) is 3.02. The minimum Gasteiger partial charge on any atom is -0.457 e. The van der Waals surface area contributed by atoms with Crippen molar-refractivity contribution in [1.82, 2.24) is 19.5 Å². The highest BCUT2D eigenvalue weighted by Gasteiger charge is 2.47. The summed E-state index contributed by atoms with van der Waals surface area (Å²) in [6.07, 6.45) is -1.27. The highest BCUT2D eigenvalue weighted by Crippen LogP contribution is 2.33. The molecule has 0 amide bonds. The van der Waals surface area contributed by atoms with Crippen LogP contribution in [0.4, 0.5) is 5.82 Å².